The van der Waals surface area contributed by atoms with Crippen LogP contribution in [0.15, 0.2) is 41.8 Å². The number of nitrogens with zero attached hydrogens (tertiary/aromatic N) is 1. The van der Waals surface area contributed by atoms with Crippen molar-refractivity contribution in [3.63, 3.8) is 0 Å². The van der Waals surface area contributed by atoms with E-state index < -0.39 is 11.7 Å². The molecule has 0 aliphatic rings. The Hall–Kier alpha value is -2.64. The lowest BCUT2D eigenvalue weighted by atomic mass is 10.2. The van der Waals surface area contributed by atoms with E-state index in [0.29, 0.717) is 16.5 Å². The van der Waals surface area contributed by atoms with E-state index in [1.807, 2.05) is 6.07 Å². The van der Waals surface area contributed by atoms with Crippen LogP contribution < -0.4 is 14.8 Å². The molecule has 0 spiro atoms. The first kappa shape index (κ1) is 18.2. The van der Waals surface area contributed by atoms with Crippen LogP contribution in [0.4, 0.5) is 10.1 Å². The smallest absolute Gasteiger partial charge is 0.275 e. The molecule has 0 saturated carbocycles. The van der Waals surface area contributed by atoms with Crippen LogP contribution in [0.1, 0.15) is 10.5 Å². The van der Waals surface area contributed by atoms with Gasteiger partial charge in [0.1, 0.15) is 16.5 Å². The molecule has 0 saturated heterocycles. The third-order valence-corrected chi connectivity index (χ3v) is 4.67. The Morgan fingerprint density at radius 2 is 1.92 bits per heavy atom. The van der Waals surface area contributed by atoms with Crippen LogP contribution in [0.2, 0.25) is 5.02 Å². The first-order valence-corrected chi connectivity index (χ1v) is 8.72. The molecule has 5 nitrogen and oxygen atoms in total. The fraction of sp³-hybridized carbons (Fsp3) is 0.111. The Labute approximate surface area is 158 Å². The van der Waals surface area contributed by atoms with Gasteiger partial charge in [-0.05, 0) is 36.4 Å². The minimum atomic E-state index is -0.610. The lowest BCUT2D eigenvalue weighted by Crippen LogP contribution is -2.13. The lowest BCUT2D eigenvalue weighted by molar-refractivity contribution is 0.102. The van der Waals surface area contributed by atoms with E-state index in [4.69, 9.17) is 21.1 Å². The molecule has 8 heteroatoms. The van der Waals surface area contributed by atoms with Crippen molar-refractivity contribution in [3.05, 3.63) is 58.3 Å². The molecule has 26 heavy (non-hydrogen) atoms. The summed E-state index contributed by atoms with van der Waals surface area (Å²) in [5.41, 5.74) is 1.01. The summed E-state index contributed by atoms with van der Waals surface area (Å²) >= 11 is 7.00. The molecular weight excluding hydrogens is 379 g/mol. The number of aromatic nitrogens is 1. The summed E-state index contributed by atoms with van der Waals surface area (Å²) in [6.07, 6.45) is 0. The van der Waals surface area contributed by atoms with Crippen LogP contribution in [0.5, 0.6) is 11.5 Å². The van der Waals surface area contributed by atoms with Gasteiger partial charge in [0, 0.05) is 16.0 Å². The maximum Gasteiger partial charge on any atom is 0.275 e. The number of hydrogen-bond donors (Lipinski definition) is 1. The van der Waals surface area contributed by atoms with Gasteiger partial charge in [-0.1, -0.05) is 11.6 Å². The number of hydrogen-bond acceptors (Lipinski definition) is 5. The molecule has 1 aromatic heterocycles. The fourth-order valence-electron chi connectivity index (χ4n) is 2.26. The molecule has 1 amide bonds. The molecule has 1 heterocycles. The topological polar surface area (TPSA) is 60.5 Å². The van der Waals surface area contributed by atoms with Crippen molar-refractivity contribution in [3.8, 4) is 22.1 Å². The number of rotatable bonds is 5. The third kappa shape index (κ3) is 3.79. The van der Waals surface area contributed by atoms with E-state index in [2.05, 4.69) is 10.3 Å². The third-order valence-electron chi connectivity index (χ3n) is 3.55. The molecule has 0 aliphatic heterocycles. The largest absolute Gasteiger partial charge is 0.493 e. The second kappa shape index (κ2) is 7.72. The number of nitrogens with one attached hydrogen (secondary N) is 1. The summed E-state index contributed by atoms with van der Waals surface area (Å²) in [4.78, 5) is 16.6. The summed E-state index contributed by atoms with van der Waals surface area (Å²) in [5, 5.41) is 4.98. The van der Waals surface area contributed by atoms with Crippen LogP contribution >= 0.6 is 22.9 Å². The number of carbonyl (C=O) groups excluding carboxylic acids is 1. The molecule has 0 fully saturated rings. The van der Waals surface area contributed by atoms with Gasteiger partial charge in [-0.2, -0.15) is 0 Å². The van der Waals surface area contributed by atoms with Crippen molar-refractivity contribution in [1.82, 2.24) is 4.98 Å². The van der Waals surface area contributed by atoms with Gasteiger partial charge in [-0.15, -0.1) is 11.3 Å². The number of methoxy groups -OCH3 is 2. The van der Waals surface area contributed by atoms with E-state index in [0.717, 1.165) is 11.6 Å². The van der Waals surface area contributed by atoms with Crippen LogP contribution in [-0.2, 0) is 0 Å². The number of carbonyl (C=O) groups is 1. The molecule has 0 unspecified atom stereocenters. The zero-order valence-electron chi connectivity index (χ0n) is 13.9. The van der Waals surface area contributed by atoms with Crippen LogP contribution in [-0.4, -0.2) is 25.1 Å². The van der Waals surface area contributed by atoms with Crippen molar-refractivity contribution in [1.29, 1.82) is 0 Å². The minimum absolute atomic E-state index is 0.0417. The molecule has 0 radical (unpaired) electrons. The van der Waals surface area contributed by atoms with E-state index in [1.165, 1.54) is 23.5 Å². The number of anilines is 1. The predicted molar refractivity (Wildman–Crippen MR) is 100 cm³/mol. The molecular formula is C18H14ClFN2O3S. The molecule has 0 aliphatic carbocycles. The number of amides is 1. The molecule has 0 atom stereocenters. The van der Waals surface area contributed by atoms with E-state index in [-0.39, 0.29) is 16.4 Å². The van der Waals surface area contributed by atoms with E-state index >= 15 is 0 Å². The normalized spacial score (nSPS) is 10.5. The maximum absolute atomic E-state index is 13.8. The first-order valence-electron chi connectivity index (χ1n) is 7.46. The average molecular weight is 393 g/mol. The lowest BCUT2D eigenvalue weighted by Gasteiger charge is -2.08. The summed E-state index contributed by atoms with van der Waals surface area (Å²) in [6.45, 7) is 0. The number of benzene rings is 2. The molecule has 0 bridgehead atoms. The van der Waals surface area contributed by atoms with Crippen molar-refractivity contribution in [2.45, 2.75) is 0 Å². The monoisotopic (exact) mass is 392 g/mol. The summed E-state index contributed by atoms with van der Waals surface area (Å²) in [7, 11) is 3.10. The highest BCUT2D eigenvalue weighted by molar-refractivity contribution is 7.13. The Balaban J connectivity index is 1.82. The Morgan fingerprint density at radius 3 is 2.62 bits per heavy atom. The first-order chi connectivity index (χ1) is 12.5. The summed E-state index contributed by atoms with van der Waals surface area (Å²) in [5.74, 6) is 0.0498. The van der Waals surface area contributed by atoms with Gasteiger partial charge in [0.25, 0.3) is 5.91 Å². The van der Waals surface area contributed by atoms with Gasteiger partial charge < -0.3 is 14.8 Å². The maximum atomic E-state index is 13.8. The van der Waals surface area contributed by atoms with Gasteiger partial charge >= 0.3 is 0 Å². The van der Waals surface area contributed by atoms with E-state index in [1.54, 1.807) is 31.7 Å². The Morgan fingerprint density at radius 1 is 1.15 bits per heavy atom. The Kier molecular flexibility index (Phi) is 5.39. The Bertz CT molecular complexity index is 961. The quantitative estimate of drug-likeness (QED) is 0.672. The molecule has 3 rings (SSSR count). The predicted octanol–water partition coefficient (Wildman–Crippen LogP) is 4.87. The van der Waals surface area contributed by atoms with E-state index in [9.17, 15) is 9.18 Å². The van der Waals surface area contributed by atoms with Gasteiger partial charge in [0.2, 0.25) is 0 Å². The summed E-state index contributed by atoms with van der Waals surface area (Å²) < 4.78 is 24.3. The zero-order valence-corrected chi connectivity index (χ0v) is 15.5. The molecule has 2 aromatic carbocycles. The second-order valence-corrected chi connectivity index (χ2v) is 6.48. The van der Waals surface area contributed by atoms with Gasteiger partial charge in [-0.3, -0.25) is 4.79 Å². The standard InChI is InChI=1S/C18H14ClFN2O3S/c1-24-15-6-3-10(7-16(15)25-2)18-22-14(9-26-18)17(23)21-13-5-4-11(19)8-12(13)20/h3-9H,1-2H3,(H,21,23). The van der Waals surface area contributed by atoms with Crippen LogP contribution in [0.3, 0.4) is 0 Å². The van der Waals surface area contributed by atoms with Crippen LogP contribution in [0, 0.1) is 5.82 Å². The fourth-order valence-corrected chi connectivity index (χ4v) is 3.21. The molecule has 134 valence electrons. The number of halogens is 2. The van der Waals surface area contributed by atoms with Crippen molar-refractivity contribution in [2.24, 2.45) is 0 Å². The van der Waals surface area contributed by atoms with Crippen LogP contribution in [0.25, 0.3) is 10.6 Å². The number of ether oxygens (including phenoxy) is 2. The van der Waals surface area contributed by atoms with Gasteiger partial charge in [0.15, 0.2) is 11.5 Å². The average Bonchev–Trinajstić information content (AvgIpc) is 3.13. The number of thiazole rings is 1. The highest BCUT2D eigenvalue weighted by Gasteiger charge is 2.15. The van der Waals surface area contributed by atoms with Gasteiger partial charge in [-0.25, -0.2) is 9.37 Å². The highest BCUT2D eigenvalue weighted by Crippen LogP contribution is 2.33. The second-order valence-electron chi connectivity index (χ2n) is 5.19. The minimum Gasteiger partial charge on any atom is -0.493 e. The molecule has 1 N–H and O–H groups in total. The highest BCUT2D eigenvalue weighted by atomic mass is 35.5. The van der Waals surface area contributed by atoms with Crippen molar-refractivity contribution in [2.75, 3.05) is 19.5 Å². The zero-order chi connectivity index (χ0) is 18.7. The molecule has 3 aromatic rings. The van der Waals surface area contributed by atoms with Crippen molar-refractivity contribution < 1.29 is 18.7 Å². The summed E-state index contributed by atoms with van der Waals surface area (Å²) in [6, 6.07) is 9.39. The van der Waals surface area contributed by atoms with Gasteiger partial charge in [0.05, 0.1) is 19.9 Å². The SMILES string of the molecule is COc1ccc(-c2nc(C(=O)Nc3ccc(Cl)cc3F)cs2)cc1OC. The van der Waals surface area contributed by atoms with Crippen molar-refractivity contribution >= 4 is 34.5 Å².